The molecule has 0 radical (unpaired) electrons. The van der Waals surface area contributed by atoms with E-state index in [4.69, 9.17) is 30.5 Å². The van der Waals surface area contributed by atoms with Crippen molar-refractivity contribution in [2.75, 3.05) is 13.2 Å². The Labute approximate surface area is 175 Å². The lowest BCUT2D eigenvalue weighted by Crippen LogP contribution is -2.63. The second-order valence-corrected chi connectivity index (χ2v) is 6.92. The molecule has 8 nitrogen and oxygen atoms in total. The van der Waals surface area contributed by atoms with E-state index in [0.29, 0.717) is 12.2 Å². The van der Waals surface area contributed by atoms with E-state index in [-0.39, 0.29) is 29.5 Å². The SMILES string of the molecule is O=C1/C=C/C(=O)O[C@]2(Cc3ncccc3Oc3ccc(Cl)cc3F)OCCNC2O1. The lowest BCUT2D eigenvalue weighted by molar-refractivity contribution is -0.292. The van der Waals surface area contributed by atoms with Gasteiger partial charge in [0.2, 0.25) is 6.23 Å². The van der Waals surface area contributed by atoms with E-state index < -0.39 is 29.8 Å². The van der Waals surface area contributed by atoms with Crippen molar-refractivity contribution in [1.82, 2.24) is 10.3 Å². The maximum Gasteiger partial charge on any atom is 0.333 e. The van der Waals surface area contributed by atoms with E-state index >= 15 is 0 Å². The van der Waals surface area contributed by atoms with Gasteiger partial charge in [0.25, 0.3) is 5.79 Å². The maximum atomic E-state index is 14.2. The number of morpholine rings is 1. The molecule has 1 aromatic heterocycles. The number of fused-ring (bicyclic) bond motifs is 1. The number of aromatic nitrogens is 1. The molecule has 0 aliphatic carbocycles. The van der Waals surface area contributed by atoms with Gasteiger partial charge < -0.3 is 18.9 Å². The van der Waals surface area contributed by atoms with Crippen LogP contribution in [0.4, 0.5) is 4.39 Å². The van der Waals surface area contributed by atoms with Crippen LogP contribution >= 0.6 is 11.6 Å². The average molecular weight is 435 g/mol. The third-order valence-corrected chi connectivity index (χ3v) is 4.65. The Hall–Kier alpha value is -3.01. The van der Waals surface area contributed by atoms with Gasteiger partial charge in [-0.15, -0.1) is 0 Å². The first-order chi connectivity index (χ1) is 14.4. The zero-order chi connectivity index (χ0) is 21.1. The van der Waals surface area contributed by atoms with Crippen LogP contribution in [0.5, 0.6) is 11.5 Å². The molecule has 0 spiro atoms. The molecule has 30 heavy (non-hydrogen) atoms. The predicted octanol–water partition coefficient (Wildman–Crippen LogP) is 2.51. The lowest BCUT2D eigenvalue weighted by atomic mass is 10.0. The summed E-state index contributed by atoms with van der Waals surface area (Å²) >= 11 is 5.78. The molecule has 2 aromatic rings. The van der Waals surface area contributed by atoms with E-state index in [0.717, 1.165) is 18.2 Å². The molecule has 2 aliphatic heterocycles. The number of pyridine rings is 1. The van der Waals surface area contributed by atoms with Crippen molar-refractivity contribution >= 4 is 23.5 Å². The summed E-state index contributed by atoms with van der Waals surface area (Å²) in [5.74, 6) is -3.68. The molecule has 3 heterocycles. The number of carbonyl (C=O) groups excluding carboxylic acids is 2. The molecule has 1 N–H and O–H groups in total. The van der Waals surface area contributed by atoms with Crippen molar-refractivity contribution in [3.63, 3.8) is 0 Å². The van der Waals surface area contributed by atoms with Gasteiger partial charge >= 0.3 is 11.9 Å². The fourth-order valence-corrected chi connectivity index (χ4v) is 3.25. The van der Waals surface area contributed by atoms with Crippen molar-refractivity contribution in [3.8, 4) is 11.5 Å². The van der Waals surface area contributed by atoms with Crippen LogP contribution < -0.4 is 10.1 Å². The highest BCUT2D eigenvalue weighted by atomic mass is 35.5. The molecule has 0 saturated carbocycles. The predicted molar refractivity (Wildman–Crippen MR) is 101 cm³/mol. The summed E-state index contributed by atoms with van der Waals surface area (Å²) < 4.78 is 36.5. The first-order valence-electron chi connectivity index (χ1n) is 9.01. The molecule has 2 aliphatic rings. The quantitative estimate of drug-likeness (QED) is 0.733. The summed E-state index contributed by atoms with van der Waals surface area (Å²) in [7, 11) is 0. The molecule has 1 fully saturated rings. The van der Waals surface area contributed by atoms with Crippen LogP contribution in [0.1, 0.15) is 5.69 Å². The molecule has 1 saturated heterocycles. The molecule has 2 atom stereocenters. The minimum absolute atomic E-state index is 0.0607. The van der Waals surface area contributed by atoms with Crippen LogP contribution in [-0.2, 0) is 30.2 Å². The molecule has 156 valence electrons. The highest BCUT2D eigenvalue weighted by Gasteiger charge is 2.50. The summed E-state index contributed by atoms with van der Waals surface area (Å²) in [5.41, 5.74) is 0.300. The van der Waals surface area contributed by atoms with Crippen molar-refractivity contribution < 1.29 is 32.9 Å². The minimum atomic E-state index is -1.68. The number of hydrogen-bond acceptors (Lipinski definition) is 8. The first kappa shape index (κ1) is 20.3. The first-order valence-corrected chi connectivity index (χ1v) is 9.39. The second-order valence-electron chi connectivity index (χ2n) is 6.49. The van der Waals surface area contributed by atoms with Gasteiger partial charge in [0.1, 0.15) is 5.75 Å². The largest absolute Gasteiger partial charge is 0.452 e. The lowest BCUT2D eigenvalue weighted by Gasteiger charge is -2.42. The molecular formula is C20H16ClFN2O6. The van der Waals surface area contributed by atoms with Gasteiger partial charge in [-0.2, -0.15) is 0 Å². The molecule has 0 amide bonds. The third-order valence-electron chi connectivity index (χ3n) is 4.42. The number of nitrogens with zero attached hydrogens (tertiary/aromatic N) is 1. The average Bonchev–Trinajstić information content (AvgIpc) is 2.71. The second kappa shape index (κ2) is 8.39. The monoisotopic (exact) mass is 434 g/mol. The highest BCUT2D eigenvalue weighted by molar-refractivity contribution is 6.30. The van der Waals surface area contributed by atoms with E-state index in [1.165, 1.54) is 18.3 Å². The van der Waals surface area contributed by atoms with E-state index in [1.54, 1.807) is 12.1 Å². The van der Waals surface area contributed by atoms with Crippen molar-refractivity contribution in [2.45, 2.75) is 18.4 Å². The summed E-state index contributed by atoms with van der Waals surface area (Å²) in [6.07, 6.45) is 2.23. The minimum Gasteiger partial charge on any atom is -0.452 e. The molecular weight excluding hydrogens is 419 g/mol. The van der Waals surface area contributed by atoms with Crippen LogP contribution in [0, 0.1) is 5.82 Å². The van der Waals surface area contributed by atoms with Crippen LogP contribution in [0.2, 0.25) is 5.02 Å². The number of carbonyl (C=O) groups is 2. The Balaban J connectivity index is 1.67. The van der Waals surface area contributed by atoms with E-state index in [2.05, 4.69) is 10.3 Å². The molecule has 10 heteroatoms. The van der Waals surface area contributed by atoms with Crippen molar-refractivity contribution in [1.29, 1.82) is 0 Å². The van der Waals surface area contributed by atoms with Crippen LogP contribution in [0.3, 0.4) is 0 Å². The maximum absolute atomic E-state index is 14.2. The topological polar surface area (TPSA) is 96.0 Å². The molecule has 1 aromatic carbocycles. The van der Waals surface area contributed by atoms with E-state index in [9.17, 15) is 14.0 Å². The molecule has 1 unspecified atom stereocenters. The standard InChI is InChI=1S/C20H16ClFN2O6/c21-12-3-4-15(13(22)10-12)28-16-2-1-7-23-14(16)11-20-19(24-8-9-27-20)29-17(25)5-6-18(26)30-20/h1-7,10,19,24H,8-9,11H2/b6-5+/t19?,20-/m0/s1. The van der Waals surface area contributed by atoms with Crippen LogP contribution in [0.15, 0.2) is 48.7 Å². The number of benzene rings is 1. The van der Waals surface area contributed by atoms with Gasteiger partial charge in [-0.1, -0.05) is 11.6 Å². The Morgan fingerprint density at radius 3 is 2.90 bits per heavy atom. The highest BCUT2D eigenvalue weighted by Crippen LogP contribution is 2.34. The number of rotatable bonds is 4. The normalized spacial score (nSPS) is 24.7. The van der Waals surface area contributed by atoms with Gasteiger partial charge in [0, 0.05) is 29.9 Å². The molecule has 0 bridgehead atoms. The number of nitrogens with one attached hydrogen (secondary N) is 1. The third kappa shape index (κ3) is 4.28. The molecule has 4 rings (SSSR count). The van der Waals surface area contributed by atoms with Gasteiger partial charge in [0.15, 0.2) is 11.6 Å². The fraction of sp³-hybridized carbons (Fsp3) is 0.250. The Bertz CT molecular complexity index is 1020. The van der Waals surface area contributed by atoms with Crippen molar-refractivity contribution in [2.24, 2.45) is 0 Å². The summed E-state index contributed by atoms with van der Waals surface area (Å²) in [6.45, 7) is 0.572. The zero-order valence-corrected chi connectivity index (χ0v) is 16.2. The van der Waals surface area contributed by atoms with Crippen LogP contribution in [-0.4, -0.2) is 42.1 Å². The number of esters is 2. The summed E-state index contributed by atoms with van der Waals surface area (Å²) in [5, 5.41) is 3.19. The number of ether oxygens (including phenoxy) is 4. The van der Waals surface area contributed by atoms with Gasteiger partial charge in [0.05, 0.1) is 18.7 Å². The zero-order valence-electron chi connectivity index (χ0n) is 15.5. The van der Waals surface area contributed by atoms with Crippen molar-refractivity contribution in [3.05, 3.63) is 65.2 Å². The number of hydrogen-bond donors (Lipinski definition) is 1. The Morgan fingerprint density at radius 1 is 1.23 bits per heavy atom. The summed E-state index contributed by atoms with van der Waals surface area (Å²) in [4.78, 5) is 28.3. The fourth-order valence-electron chi connectivity index (χ4n) is 3.09. The smallest absolute Gasteiger partial charge is 0.333 e. The van der Waals surface area contributed by atoms with Gasteiger partial charge in [-0.25, -0.2) is 14.0 Å². The van der Waals surface area contributed by atoms with E-state index in [1.807, 2.05) is 0 Å². The Kier molecular flexibility index (Phi) is 5.67. The van der Waals surface area contributed by atoms with Gasteiger partial charge in [-0.3, -0.25) is 10.3 Å². The summed E-state index contributed by atoms with van der Waals surface area (Å²) in [6, 6.07) is 7.18. The Morgan fingerprint density at radius 2 is 2.07 bits per heavy atom. The van der Waals surface area contributed by atoms with Gasteiger partial charge in [-0.05, 0) is 30.3 Å². The number of halogens is 2. The van der Waals surface area contributed by atoms with Crippen LogP contribution in [0.25, 0.3) is 0 Å².